The Hall–Kier alpha value is -1.75. The molecule has 0 bridgehead atoms. The maximum absolute atomic E-state index is 10.9. The second-order valence-electron chi connectivity index (χ2n) is 6.51. The highest BCUT2D eigenvalue weighted by Crippen LogP contribution is 2.33. The van der Waals surface area contributed by atoms with Crippen molar-refractivity contribution in [3.05, 3.63) is 24.3 Å². The molecule has 1 aromatic carbocycles. The molecule has 1 aromatic rings. The molecule has 2 fully saturated rings. The SMILES string of the molecule is NC(=O)COc1ccccc1OCC1CCCN2CCCCC12. The number of carbonyl (C=O) groups excluding carboxylic acids is 1. The number of piperidine rings is 2. The first-order valence-electron chi connectivity index (χ1n) is 8.61. The summed E-state index contributed by atoms with van der Waals surface area (Å²) in [4.78, 5) is 13.5. The minimum absolute atomic E-state index is 0.125. The summed E-state index contributed by atoms with van der Waals surface area (Å²) in [6, 6.07) is 8.15. The van der Waals surface area contributed by atoms with Crippen LogP contribution in [0.5, 0.6) is 11.5 Å². The predicted molar refractivity (Wildman–Crippen MR) is 88.6 cm³/mol. The highest BCUT2D eigenvalue weighted by Gasteiger charge is 2.33. The van der Waals surface area contributed by atoms with Gasteiger partial charge < -0.3 is 15.2 Å². The molecule has 2 atom stereocenters. The Morgan fingerprint density at radius 1 is 1.09 bits per heavy atom. The van der Waals surface area contributed by atoms with Crippen molar-refractivity contribution in [2.24, 2.45) is 11.7 Å². The van der Waals surface area contributed by atoms with Gasteiger partial charge in [0.15, 0.2) is 18.1 Å². The number of hydrogen-bond acceptors (Lipinski definition) is 4. The first kappa shape index (κ1) is 16.1. The number of nitrogens with zero attached hydrogens (tertiary/aromatic N) is 1. The number of nitrogens with two attached hydrogens (primary N) is 1. The Morgan fingerprint density at radius 2 is 1.83 bits per heavy atom. The Labute approximate surface area is 137 Å². The second-order valence-corrected chi connectivity index (χ2v) is 6.51. The molecule has 1 amide bonds. The minimum atomic E-state index is -0.482. The van der Waals surface area contributed by atoms with E-state index in [4.69, 9.17) is 15.2 Å². The third-order valence-corrected chi connectivity index (χ3v) is 4.90. The Morgan fingerprint density at radius 3 is 2.61 bits per heavy atom. The lowest BCUT2D eigenvalue weighted by molar-refractivity contribution is -0.119. The van der Waals surface area contributed by atoms with Gasteiger partial charge in [-0.15, -0.1) is 0 Å². The van der Waals surface area contributed by atoms with Gasteiger partial charge in [0.2, 0.25) is 0 Å². The number of hydrogen-bond donors (Lipinski definition) is 1. The van der Waals surface area contributed by atoms with E-state index in [0.29, 0.717) is 30.1 Å². The van der Waals surface area contributed by atoms with Gasteiger partial charge in [-0.2, -0.15) is 0 Å². The van der Waals surface area contributed by atoms with Crippen LogP contribution >= 0.6 is 0 Å². The van der Waals surface area contributed by atoms with Crippen LogP contribution in [0.4, 0.5) is 0 Å². The molecule has 2 saturated heterocycles. The van der Waals surface area contributed by atoms with E-state index >= 15 is 0 Å². The quantitative estimate of drug-likeness (QED) is 0.873. The number of benzene rings is 1. The number of ether oxygens (including phenoxy) is 2. The van der Waals surface area contributed by atoms with Crippen molar-refractivity contribution in [1.29, 1.82) is 0 Å². The molecule has 3 rings (SSSR count). The van der Waals surface area contributed by atoms with Crippen LogP contribution in [-0.4, -0.2) is 43.2 Å². The van der Waals surface area contributed by atoms with E-state index in [9.17, 15) is 4.79 Å². The van der Waals surface area contributed by atoms with Crippen LogP contribution in [0.2, 0.25) is 0 Å². The van der Waals surface area contributed by atoms with Gasteiger partial charge in [-0.1, -0.05) is 18.6 Å². The summed E-state index contributed by atoms with van der Waals surface area (Å²) in [5, 5.41) is 0. The van der Waals surface area contributed by atoms with Crippen molar-refractivity contribution in [2.75, 3.05) is 26.3 Å². The summed E-state index contributed by atoms with van der Waals surface area (Å²) in [5.74, 6) is 1.38. The van der Waals surface area contributed by atoms with E-state index < -0.39 is 5.91 Å². The first-order chi connectivity index (χ1) is 11.2. The van der Waals surface area contributed by atoms with Crippen molar-refractivity contribution >= 4 is 5.91 Å². The topological polar surface area (TPSA) is 64.8 Å². The van der Waals surface area contributed by atoms with Crippen LogP contribution in [0.3, 0.4) is 0 Å². The van der Waals surface area contributed by atoms with Gasteiger partial charge in [-0.25, -0.2) is 0 Å². The summed E-state index contributed by atoms with van der Waals surface area (Å²) in [6.45, 7) is 3.05. The Bertz CT molecular complexity index is 533. The fourth-order valence-electron chi connectivity index (χ4n) is 3.81. The Balaban J connectivity index is 1.60. The summed E-state index contributed by atoms with van der Waals surface area (Å²) in [5.41, 5.74) is 5.14. The molecule has 0 aromatic heterocycles. The number of amides is 1. The van der Waals surface area contributed by atoms with Gasteiger partial charge in [-0.05, 0) is 50.9 Å². The van der Waals surface area contributed by atoms with Crippen LogP contribution in [0.15, 0.2) is 24.3 Å². The van der Waals surface area contributed by atoms with E-state index in [2.05, 4.69) is 4.90 Å². The van der Waals surface area contributed by atoms with Crippen molar-refractivity contribution in [1.82, 2.24) is 4.90 Å². The second kappa shape index (κ2) is 7.68. The molecule has 2 unspecified atom stereocenters. The summed E-state index contributed by atoms with van der Waals surface area (Å²) in [7, 11) is 0. The summed E-state index contributed by atoms with van der Waals surface area (Å²) < 4.78 is 11.5. The first-order valence-corrected chi connectivity index (χ1v) is 8.61. The molecule has 2 heterocycles. The van der Waals surface area contributed by atoms with Gasteiger partial charge in [-0.3, -0.25) is 9.69 Å². The van der Waals surface area contributed by atoms with Gasteiger partial charge in [0.1, 0.15) is 0 Å². The zero-order chi connectivity index (χ0) is 16.1. The van der Waals surface area contributed by atoms with Gasteiger partial charge in [0.05, 0.1) is 6.61 Å². The zero-order valence-electron chi connectivity index (χ0n) is 13.6. The van der Waals surface area contributed by atoms with Crippen LogP contribution < -0.4 is 15.2 Å². The standard InChI is InChI=1S/C18H26N2O3/c19-18(21)13-23-17-9-2-1-8-16(17)22-12-14-6-5-11-20-10-4-3-7-15(14)20/h1-2,8-9,14-15H,3-7,10-13H2,(H2,19,21). The van der Waals surface area contributed by atoms with Crippen molar-refractivity contribution in [2.45, 2.75) is 38.1 Å². The molecular weight excluding hydrogens is 292 g/mol. The molecule has 5 nitrogen and oxygen atoms in total. The van der Waals surface area contributed by atoms with Gasteiger partial charge in [0.25, 0.3) is 5.91 Å². The molecule has 0 aliphatic carbocycles. The summed E-state index contributed by atoms with van der Waals surface area (Å²) in [6.07, 6.45) is 6.42. The molecule has 126 valence electrons. The van der Waals surface area contributed by atoms with Gasteiger partial charge >= 0.3 is 0 Å². The van der Waals surface area contributed by atoms with Crippen LogP contribution in [-0.2, 0) is 4.79 Å². The molecule has 0 spiro atoms. The van der Waals surface area contributed by atoms with Crippen molar-refractivity contribution in [3.63, 3.8) is 0 Å². The lowest BCUT2D eigenvalue weighted by Crippen LogP contribution is -2.49. The highest BCUT2D eigenvalue weighted by molar-refractivity contribution is 5.75. The number of primary amides is 1. The van der Waals surface area contributed by atoms with Gasteiger partial charge in [0, 0.05) is 12.0 Å². The summed E-state index contributed by atoms with van der Waals surface area (Å²) >= 11 is 0. The maximum atomic E-state index is 10.9. The monoisotopic (exact) mass is 318 g/mol. The average Bonchev–Trinajstić information content (AvgIpc) is 2.58. The fraction of sp³-hybridized carbons (Fsp3) is 0.611. The molecule has 0 saturated carbocycles. The van der Waals surface area contributed by atoms with Crippen LogP contribution in [0.25, 0.3) is 0 Å². The molecule has 23 heavy (non-hydrogen) atoms. The number of rotatable bonds is 6. The number of fused-ring (bicyclic) bond motifs is 1. The molecule has 2 N–H and O–H groups in total. The fourth-order valence-corrected chi connectivity index (χ4v) is 3.81. The van der Waals surface area contributed by atoms with Crippen molar-refractivity contribution < 1.29 is 14.3 Å². The Kier molecular flexibility index (Phi) is 5.39. The predicted octanol–water partition coefficient (Wildman–Crippen LogP) is 2.19. The number of carbonyl (C=O) groups is 1. The minimum Gasteiger partial charge on any atom is -0.489 e. The van der Waals surface area contributed by atoms with E-state index in [-0.39, 0.29) is 6.61 Å². The zero-order valence-corrected chi connectivity index (χ0v) is 13.6. The molecule has 0 radical (unpaired) electrons. The average molecular weight is 318 g/mol. The lowest BCUT2D eigenvalue weighted by Gasteiger charge is -2.44. The normalized spacial score (nSPS) is 24.7. The smallest absolute Gasteiger partial charge is 0.255 e. The largest absolute Gasteiger partial charge is 0.489 e. The van der Waals surface area contributed by atoms with Crippen molar-refractivity contribution in [3.8, 4) is 11.5 Å². The van der Waals surface area contributed by atoms with E-state index in [0.717, 1.165) is 0 Å². The lowest BCUT2D eigenvalue weighted by atomic mass is 9.84. The molecule has 2 aliphatic rings. The third kappa shape index (κ3) is 4.16. The third-order valence-electron chi connectivity index (χ3n) is 4.90. The maximum Gasteiger partial charge on any atom is 0.255 e. The van der Waals surface area contributed by atoms with E-state index in [1.807, 2.05) is 24.3 Å². The van der Waals surface area contributed by atoms with E-state index in [1.165, 1.54) is 45.2 Å². The molecular formula is C18H26N2O3. The van der Waals surface area contributed by atoms with E-state index in [1.54, 1.807) is 0 Å². The highest BCUT2D eigenvalue weighted by atomic mass is 16.5. The molecule has 5 heteroatoms. The van der Waals surface area contributed by atoms with Crippen LogP contribution in [0.1, 0.15) is 32.1 Å². The molecule has 2 aliphatic heterocycles. The van der Waals surface area contributed by atoms with Crippen LogP contribution in [0, 0.1) is 5.92 Å². The number of para-hydroxylation sites is 2.